The molecule has 7 heteroatoms. The Balaban J connectivity index is 1.80. The summed E-state index contributed by atoms with van der Waals surface area (Å²) in [4.78, 5) is 14.4. The van der Waals surface area contributed by atoms with E-state index in [1.165, 1.54) is 7.11 Å². The molecule has 138 valence electrons. The number of ether oxygens (including phenoxy) is 1. The minimum Gasteiger partial charge on any atom is -0.496 e. The Morgan fingerprint density at radius 2 is 2.00 bits per heavy atom. The highest BCUT2D eigenvalue weighted by molar-refractivity contribution is 9.10. The van der Waals surface area contributed by atoms with Crippen LogP contribution in [0.3, 0.4) is 0 Å². The molecule has 26 heavy (non-hydrogen) atoms. The SMILES string of the molecule is COc1ccc(Br)cc1CS(=O)(=O)CC(=O)N1c2ccccc2CC1C. The lowest BCUT2D eigenvalue weighted by molar-refractivity contribution is -0.116. The van der Waals surface area contributed by atoms with Crippen molar-refractivity contribution in [1.82, 2.24) is 0 Å². The zero-order valence-corrected chi connectivity index (χ0v) is 17.0. The highest BCUT2D eigenvalue weighted by atomic mass is 79.9. The number of para-hydroxylation sites is 1. The van der Waals surface area contributed by atoms with Crippen molar-refractivity contribution >= 4 is 37.4 Å². The fourth-order valence-electron chi connectivity index (χ4n) is 3.35. The number of fused-ring (bicyclic) bond motifs is 1. The van der Waals surface area contributed by atoms with Gasteiger partial charge in [-0.15, -0.1) is 0 Å². The molecule has 0 spiro atoms. The number of rotatable bonds is 5. The summed E-state index contributed by atoms with van der Waals surface area (Å²) < 4.78 is 31.3. The Labute approximate surface area is 162 Å². The maximum atomic E-state index is 12.8. The van der Waals surface area contributed by atoms with E-state index in [2.05, 4.69) is 15.9 Å². The molecule has 0 aliphatic carbocycles. The number of sulfone groups is 1. The van der Waals surface area contributed by atoms with Crippen LogP contribution in [-0.2, 0) is 26.8 Å². The fraction of sp³-hybridized carbons (Fsp3) is 0.316. The van der Waals surface area contributed by atoms with Crippen molar-refractivity contribution in [2.45, 2.75) is 25.1 Å². The van der Waals surface area contributed by atoms with Crippen molar-refractivity contribution in [3.63, 3.8) is 0 Å². The second-order valence-electron chi connectivity index (χ2n) is 6.43. The molecule has 0 aromatic heterocycles. The summed E-state index contributed by atoms with van der Waals surface area (Å²) in [6.07, 6.45) is 0.738. The molecule has 0 saturated heterocycles. The Hall–Kier alpha value is -1.86. The van der Waals surface area contributed by atoms with Gasteiger partial charge in [0.2, 0.25) is 5.91 Å². The predicted octanol–water partition coefficient (Wildman–Crippen LogP) is 3.35. The van der Waals surface area contributed by atoms with E-state index in [4.69, 9.17) is 4.74 Å². The smallest absolute Gasteiger partial charge is 0.242 e. The van der Waals surface area contributed by atoms with Crippen LogP contribution >= 0.6 is 15.9 Å². The van der Waals surface area contributed by atoms with Crippen molar-refractivity contribution < 1.29 is 17.9 Å². The summed E-state index contributed by atoms with van der Waals surface area (Å²) in [6.45, 7) is 1.93. The maximum Gasteiger partial charge on any atom is 0.242 e. The first-order chi connectivity index (χ1) is 12.3. The van der Waals surface area contributed by atoms with E-state index < -0.39 is 21.5 Å². The summed E-state index contributed by atoms with van der Waals surface area (Å²) in [5.41, 5.74) is 2.41. The molecule has 5 nitrogen and oxygen atoms in total. The van der Waals surface area contributed by atoms with E-state index in [-0.39, 0.29) is 11.8 Å². The van der Waals surface area contributed by atoms with E-state index in [0.29, 0.717) is 11.3 Å². The third kappa shape index (κ3) is 3.94. The van der Waals surface area contributed by atoms with Crippen molar-refractivity contribution in [1.29, 1.82) is 0 Å². The van der Waals surface area contributed by atoms with Crippen molar-refractivity contribution in [2.75, 3.05) is 17.8 Å². The number of methoxy groups -OCH3 is 1. The summed E-state index contributed by atoms with van der Waals surface area (Å²) in [5.74, 6) is -0.674. The van der Waals surface area contributed by atoms with Gasteiger partial charge in [-0.3, -0.25) is 4.79 Å². The normalized spacial score (nSPS) is 16.4. The molecule has 1 aliphatic rings. The van der Waals surface area contributed by atoms with Gasteiger partial charge in [-0.25, -0.2) is 8.42 Å². The summed E-state index contributed by atoms with van der Waals surface area (Å²) >= 11 is 3.34. The van der Waals surface area contributed by atoms with Gasteiger partial charge in [-0.1, -0.05) is 34.1 Å². The van der Waals surface area contributed by atoms with E-state index in [1.807, 2.05) is 31.2 Å². The Morgan fingerprint density at radius 3 is 2.73 bits per heavy atom. The molecule has 1 unspecified atom stereocenters. The summed E-state index contributed by atoms with van der Waals surface area (Å²) in [6, 6.07) is 12.8. The van der Waals surface area contributed by atoms with Gasteiger partial charge in [0.25, 0.3) is 0 Å². The molecule has 1 aliphatic heterocycles. The second-order valence-corrected chi connectivity index (χ2v) is 9.41. The zero-order valence-electron chi connectivity index (χ0n) is 14.6. The monoisotopic (exact) mass is 437 g/mol. The number of carbonyl (C=O) groups is 1. The number of anilines is 1. The van der Waals surface area contributed by atoms with Crippen LogP contribution < -0.4 is 9.64 Å². The minimum atomic E-state index is -3.64. The highest BCUT2D eigenvalue weighted by Crippen LogP contribution is 2.32. The largest absolute Gasteiger partial charge is 0.496 e. The van der Waals surface area contributed by atoms with Crippen LogP contribution in [0, 0.1) is 0 Å². The molecule has 1 heterocycles. The lowest BCUT2D eigenvalue weighted by atomic mass is 10.1. The molecule has 3 rings (SSSR count). The van der Waals surface area contributed by atoms with Gasteiger partial charge in [0.15, 0.2) is 9.84 Å². The van der Waals surface area contributed by atoms with Crippen LogP contribution in [-0.4, -0.2) is 33.2 Å². The highest BCUT2D eigenvalue weighted by Gasteiger charge is 2.33. The maximum absolute atomic E-state index is 12.8. The van der Waals surface area contributed by atoms with Gasteiger partial charge >= 0.3 is 0 Å². The van der Waals surface area contributed by atoms with Gasteiger partial charge in [0.1, 0.15) is 11.5 Å². The van der Waals surface area contributed by atoms with E-state index in [0.717, 1.165) is 22.1 Å². The number of hydrogen-bond donors (Lipinski definition) is 0. The lowest BCUT2D eigenvalue weighted by Crippen LogP contribution is -2.39. The Bertz CT molecular complexity index is 942. The van der Waals surface area contributed by atoms with E-state index in [1.54, 1.807) is 23.1 Å². The third-order valence-electron chi connectivity index (χ3n) is 4.44. The molecule has 0 bridgehead atoms. The second kappa shape index (κ2) is 7.40. The molecule has 0 fully saturated rings. The van der Waals surface area contributed by atoms with Gasteiger partial charge in [-0.2, -0.15) is 0 Å². The first-order valence-electron chi connectivity index (χ1n) is 8.23. The van der Waals surface area contributed by atoms with E-state index in [9.17, 15) is 13.2 Å². The van der Waals surface area contributed by atoms with Gasteiger partial charge in [0.05, 0.1) is 12.9 Å². The number of halogens is 1. The number of carbonyl (C=O) groups excluding carboxylic acids is 1. The molecule has 0 saturated carbocycles. The van der Waals surface area contributed by atoms with Crippen LogP contribution in [0.2, 0.25) is 0 Å². The van der Waals surface area contributed by atoms with E-state index >= 15 is 0 Å². The topological polar surface area (TPSA) is 63.7 Å². The lowest BCUT2D eigenvalue weighted by Gasteiger charge is -2.22. The molecule has 2 aromatic carbocycles. The van der Waals surface area contributed by atoms with Crippen LogP contribution in [0.1, 0.15) is 18.1 Å². The molecule has 0 N–H and O–H groups in total. The molecular formula is C19H20BrNO4S. The van der Waals surface area contributed by atoms with Crippen molar-refractivity contribution in [3.05, 3.63) is 58.1 Å². The average molecular weight is 438 g/mol. The number of nitrogens with zero attached hydrogens (tertiary/aromatic N) is 1. The number of benzene rings is 2. The van der Waals surface area contributed by atoms with Gasteiger partial charge in [-0.05, 0) is 43.2 Å². The Morgan fingerprint density at radius 1 is 1.27 bits per heavy atom. The standard InChI is InChI=1S/C19H20BrNO4S/c1-13-9-14-5-3-4-6-17(14)21(13)19(22)12-26(23,24)11-15-10-16(20)7-8-18(15)25-2/h3-8,10,13H,9,11-12H2,1-2H3. The molecule has 2 aromatic rings. The molecule has 1 atom stereocenters. The summed E-state index contributed by atoms with van der Waals surface area (Å²) in [7, 11) is -2.15. The zero-order chi connectivity index (χ0) is 18.9. The van der Waals surface area contributed by atoms with Crippen LogP contribution in [0.25, 0.3) is 0 Å². The van der Waals surface area contributed by atoms with Gasteiger partial charge < -0.3 is 9.64 Å². The Kier molecular flexibility index (Phi) is 5.39. The fourth-order valence-corrected chi connectivity index (χ4v) is 5.08. The van der Waals surface area contributed by atoms with Crippen LogP contribution in [0.5, 0.6) is 5.75 Å². The predicted molar refractivity (Wildman–Crippen MR) is 105 cm³/mol. The minimum absolute atomic E-state index is 0.0458. The first kappa shape index (κ1) is 18.9. The third-order valence-corrected chi connectivity index (χ3v) is 6.37. The quantitative estimate of drug-likeness (QED) is 0.719. The summed E-state index contributed by atoms with van der Waals surface area (Å²) in [5, 5.41) is 0. The average Bonchev–Trinajstić information content (AvgIpc) is 2.90. The first-order valence-corrected chi connectivity index (χ1v) is 10.8. The molecule has 1 amide bonds. The molecule has 0 radical (unpaired) electrons. The van der Waals surface area contributed by atoms with Crippen molar-refractivity contribution in [3.8, 4) is 5.75 Å². The number of hydrogen-bond acceptors (Lipinski definition) is 4. The van der Waals surface area contributed by atoms with Crippen LogP contribution in [0.4, 0.5) is 5.69 Å². The van der Waals surface area contributed by atoms with Gasteiger partial charge in [0, 0.05) is 21.8 Å². The molecular weight excluding hydrogens is 418 g/mol. The van der Waals surface area contributed by atoms with Crippen molar-refractivity contribution in [2.24, 2.45) is 0 Å². The van der Waals surface area contributed by atoms with Crippen LogP contribution in [0.15, 0.2) is 46.9 Å². The number of amides is 1.